The predicted octanol–water partition coefficient (Wildman–Crippen LogP) is 6.47. The number of nitrogens with zero attached hydrogens (tertiary/aromatic N) is 2. The highest BCUT2D eigenvalue weighted by atomic mass is 19.4. The van der Waals surface area contributed by atoms with Gasteiger partial charge in [0.2, 0.25) is 0 Å². The molecule has 1 aliphatic rings. The smallest absolute Gasteiger partial charge is 0.340 e. The molecule has 3 nitrogen and oxygen atoms in total. The number of rotatable bonds is 3. The van der Waals surface area contributed by atoms with E-state index in [2.05, 4.69) is 22.2 Å². The van der Waals surface area contributed by atoms with Crippen LogP contribution in [-0.4, -0.2) is 16.9 Å². The zero-order valence-corrected chi connectivity index (χ0v) is 16.1. The number of benzene rings is 2. The quantitative estimate of drug-likeness (QED) is 0.552. The largest absolute Gasteiger partial charge is 0.417 e. The second-order valence-corrected chi connectivity index (χ2v) is 7.07. The van der Waals surface area contributed by atoms with E-state index in [9.17, 15) is 13.2 Å². The standard InChI is InChI=1S/C23H20F3N3/c1-3-18-14(2)12-22(28-18)29-21-13-20(27-19-11-7-5-9-16(19)21)15-8-4-6-10-17(15)23(24,25)26/h4-13,18H,3H2,1-2H3,(H,27,28,29). The fraction of sp³-hybridized carbons (Fsp3) is 0.217. The van der Waals surface area contributed by atoms with Gasteiger partial charge >= 0.3 is 6.18 Å². The summed E-state index contributed by atoms with van der Waals surface area (Å²) in [6.07, 6.45) is -1.58. The maximum atomic E-state index is 13.5. The van der Waals surface area contributed by atoms with Gasteiger partial charge in [-0.15, -0.1) is 0 Å². The molecule has 1 N–H and O–H groups in total. The van der Waals surface area contributed by atoms with E-state index in [1.807, 2.05) is 31.2 Å². The third-order valence-corrected chi connectivity index (χ3v) is 5.06. The molecule has 1 aliphatic heterocycles. The van der Waals surface area contributed by atoms with Crippen LogP contribution in [0, 0.1) is 0 Å². The zero-order chi connectivity index (χ0) is 20.6. The minimum Gasteiger partial charge on any atom is -0.340 e. The van der Waals surface area contributed by atoms with Crippen molar-refractivity contribution in [1.82, 2.24) is 4.98 Å². The summed E-state index contributed by atoms with van der Waals surface area (Å²) in [6, 6.07) is 14.7. The summed E-state index contributed by atoms with van der Waals surface area (Å²) in [5, 5.41) is 4.13. The van der Waals surface area contributed by atoms with Crippen molar-refractivity contribution in [2.75, 3.05) is 5.32 Å². The number of amidine groups is 1. The van der Waals surface area contributed by atoms with Crippen LogP contribution < -0.4 is 5.32 Å². The second-order valence-electron chi connectivity index (χ2n) is 7.07. The third kappa shape index (κ3) is 3.75. The van der Waals surface area contributed by atoms with Gasteiger partial charge in [-0.2, -0.15) is 13.2 Å². The van der Waals surface area contributed by atoms with Gasteiger partial charge in [-0.25, -0.2) is 4.98 Å². The molecule has 3 aromatic rings. The van der Waals surface area contributed by atoms with Crippen molar-refractivity contribution in [3.8, 4) is 11.3 Å². The minimum absolute atomic E-state index is 0.0559. The van der Waals surface area contributed by atoms with Crippen LogP contribution in [0.15, 0.2) is 71.2 Å². The highest BCUT2D eigenvalue weighted by molar-refractivity contribution is 6.10. The summed E-state index contributed by atoms with van der Waals surface area (Å²) in [5.74, 6) is 0.709. The van der Waals surface area contributed by atoms with E-state index in [1.54, 1.807) is 18.2 Å². The van der Waals surface area contributed by atoms with E-state index in [4.69, 9.17) is 0 Å². The molecule has 0 saturated carbocycles. The van der Waals surface area contributed by atoms with Crippen molar-refractivity contribution in [1.29, 1.82) is 0 Å². The molecule has 1 aromatic heterocycles. The molecule has 0 radical (unpaired) electrons. The molecular weight excluding hydrogens is 375 g/mol. The molecule has 29 heavy (non-hydrogen) atoms. The van der Waals surface area contributed by atoms with Gasteiger partial charge in [0.25, 0.3) is 0 Å². The van der Waals surface area contributed by atoms with Gasteiger partial charge in [-0.1, -0.05) is 43.3 Å². The van der Waals surface area contributed by atoms with Gasteiger partial charge < -0.3 is 5.32 Å². The molecule has 148 valence electrons. The maximum Gasteiger partial charge on any atom is 0.417 e. The van der Waals surface area contributed by atoms with Crippen molar-refractivity contribution in [3.05, 3.63) is 71.8 Å². The van der Waals surface area contributed by atoms with Crippen molar-refractivity contribution in [2.24, 2.45) is 4.99 Å². The first kappa shape index (κ1) is 19.2. The topological polar surface area (TPSA) is 37.3 Å². The number of hydrogen-bond acceptors (Lipinski definition) is 3. The van der Waals surface area contributed by atoms with Gasteiger partial charge in [0.1, 0.15) is 5.84 Å². The summed E-state index contributed by atoms with van der Waals surface area (Å²) >= 11 is 0. The van der Waals surface area contributed by atoms with E-state index in [0.717, 1.165) is 23.4 Å². The average molecular weight is 395 g/mol. The molecule has 2 aromatic carbocycles. The highest BCUT2D eigenvalue weighted by Crippen LogP contribution is 2.38. The molecule has 6 heteroatoms. The number of hydrogen-bond donors (Lipinski definition) is 1. The number of anilines is 1. The van der Waals surface area contributed by atoms with Crippen LogP contribution in [0.2, 0.25) is 0 Å². The van der Waals surface area contributed by atoms with Crippen LogP contribution in [0.4, 0.5) is 18.9 Å². The molecular formula is C23H20F3N3. The fourth-order valence-corrected chi connectivity index (χ4v) is 3.61. The fourth-order valence-electron chi connectivity index (χ4n) is 3.61. The lowest BCUT2D eigenvalue weighted by molar-refractivity contribution is -0.137. The first-order chi connectivity index (χ1) is 13.9. The van der Waals surface area contributed by atoms with E-state index >= 15 is 0 Å². The Morgan fingerprint density at radius 1 is 1.03 bits per heavy atom. The second kappa shape index (κ2) is 7.35. The Kier molecular flexibility index (Phi) is 4.86. The van der Waals surface area contributed by atoms with Crippen LogP contribution in [0.5, 0.6) is 0 Å². The van der Waals surface area contributed by atoms with Crippen LogP contribution in [-0.2, 0) is 6.18 Å². The zero-order valence-electron chi connectivity index (χ0n) is 16.1. The molecule has 1 atom stereocenters. The molecule has 0 spiro atoms. The van der Waals surface area contributed by atoms with Crippen LogP contribution >= 0.6 is 0 Å². The number of pyridine rings is 1. The molecule has 4 rings (SSSR count). The Balaban J connectivity index is 1.85. The van der Waals surface area contributed by atoms with Gasteiger partial charge in [0, 0.05) is 10.9 Å². The SMILES string of the molecule is CCC1N=C(Nc2cc(-c3ccccc3C(F)(F)F)nc3ccccc23)C=C1C. The van der Waals surface area contributed by atoms with E-state index < -0.39 is 11.7 Å². The highest BCUT2D eigenvalue weighted by Gasteiger charge is 2.33. The molecule has 1 unspecified atom stereocenters. The minimum atomic E-state index is -4.46. The number of alkyl halides is 3. The van der Waals surface area contributed by atoms with Gasteiger partial charge in [-0.3, -0.25) is 4.99 Å². The maximum absolute atomic E-state index is 13.5. The summed E-state index contributed by atoms with van der Waals surface area (Å²) in [5.41, 5.74) is 2.09. The van der Waals surface area contributed by atoms with Crippen molar-refractivity contribution < 1.29 is 13.2 Å². The first-order valence-corrected chi connectivity index (χ1v) is 9.46. The first-order valence-electron chi connectivity index (χ1n) is 9.46. The number of halogens is 3. The van der Waals surface area contributed by atoms with Crippen LogP contribution in [0.25, 0.3) is 22.2 Å². The summed E-state index contributed by atoms with van der Waals surface area (Å²) < 4.78 is 40.6. The normalized spacial score (nSPS) is 16.7. The van der Waals surface area contributed by atoms with Crippen molar-refractivity contribution in [2.45, 2.75) is 32.5 Å². The predicted molar refractivity (Wildman–Crippen MR) is 111 cm³/mol. The van der Waals surface area contributed by atoms with Gasteiger partial charge in [-0.05, 0) is 43.2 Å². The number of para-hydroxylation sites is 1. The number of aliphatic imine (C=N–C) groups is 1. The summed E-state index contributed by atoms with van der Waals surface area (Å²) in [7, 11) is 0. The number of aromatic nitrogens is 1. The summed E-state index contributed by atoms with van der Waals surface area (Å²) in [4.78, 5) is 9.17. The Labute approximate surface area is 167 Å². The van der Waals surface area contributed by atoms with Gasteiger partial charge in [0.05, 0.1) is 28.5 Å². The van der Waals surface area contributed by atoms with E-state index in [1.165, 1.54) is 12.1 Å². The lowest BCUT2D eigenvalue weighted by Gasteiger charge is -2.15. The van der Waals surface area contributed by atoms with Crippen molar-refractivity contribution >= 4 is 22.4 Å². The number of fused-ring (bicyclic) bond motifs is 1. The van der Waals surface area contributed by atoms with Crippen LogP contribution in [0.3, 0.4) is 0 Å². The molecule has 0 fully saturated rings. The third-order valence-electron chi connectivity index (χ3n) is 5.06. The van der Waals surface area contributed by atoms with Crippen molar-refractivity contribution in [3.63, 3.8) is 0 Å². The van der Waals surface area contributed by atoms with E-state index in [0.29, 0.717) is 17.0 Å². The lowest BCUT2D eigenvalue weighted by atomic mass is 10.0. The average Bonchev–Trinajstić information content (AvgIpc) is 3.06. The Morgan fingerprint density at radius 2 is 1.76 bits per heavy atom. The molecule has 0 aliphatic carbocycles. The monoisotopic (exact) mass is 395 g/mol. The molecule has 0 saturated heterocycles. The Hall–Kier alpha value is -3.15. The molecule has 0 amide bonds. The number of nitrogens with one attached hydrogen (secondary N) is 1. The lowest BCUT2D eigenvalue weighted by Crippen LogP contribution is -2.10. The molecule has 0 bridgehead atoms. The van der Waals surface area contributed by atoms with E-state index in [-0.39, 0.29) is 17.3 Å². The summed E-state index contributed by atoms with van der Waals surface area (Å²) in [6.45, 7) is 4.10. The molecule has 2 heterocycles. The van der Waals surface area contributed by atoms with Gasteiger partial charge in [0.15, 0.2) is 0 Å². The Bertz CT molecular complexity index is 1130. The Morgan fingerprint density at radius 3 is 2.48 bits per heavy atom. The van der Waals surface area contributed by atoms with Crippen LogP contribution in [0.1, 0.15) is 25.8 Å².